The lowest BCUT2D eigenvalue weighted by Crippen LogP contribution is -2.36. The Morgan fingerprint density at radius 1 is 1.44 bits per heavy atom. The fraction of sp³-hybridized carbons (Fsp3) is 0.923. The summed E-state index contributed by atoms with van der Waals surface area (Å²) in [6.07, 6.45) is 4.97. The van der Waals surface area contributed by atoms with Crippen LogP contribution < -0.4 is 11.1 Å². The zero-order valence-corrected chi connectivity index (χ0v) is 10.9. The molecule has 1 aliphatic carbocycles. The van der Waals surface area contributed by atoms with Gasteiger partial charge in [-0.3, -0.25) is 4.79 Å². The summed E-state index contributed by atoms with van der Waals surface area (Å²) >= 11 is 0. The summed E-state index contributed by atoms with van der Waals surface area (Å²) in [6, 6.07) is 0.0270. The van der Waals surface area contributed by atoms with Crippen LogP contribution in [0.3, 0.4) is 0 Å². The summed E-state index contributed by atoms with van der Waals surface area (Å²) in [4.78, 5) is 11.6. The van der Waals surface area contributed by atoms with Crippen molar-refractivity contribution in [2.75, 3.05) is 6.54 Å². The van der Waals surface area contributed by atoms with Crippen LogP contribution >= 0.6 is 0 Å². The Kier molecular flexibility index (Phi) is 4.78. The molecule has 0 spiro atoms. The Labute approximate surface area is 99.2 Å². The number of hydrogen-bond donors (Lipinski definition) is 2. The van der Waals surface area contributed by atoms with Gasteiger partial charge in [0, 0.05) is 19.0 Å². The number of hydrogen-bond acceptors (Lipinski definition) is 2. The van der Waals surface area contributed by atoms with E-state index >= 15 is 0 Å². The van der Waals surface area contributed by atoms with Gasteiger partial charge in [0.2, 0.25) is 5.91 Å². The van der Waals surface area contributed by atoms with E-state index in [1.807, 2.05) is 0 Å². The molecular formula is C13H26N2O. The molecule has 0 aromatic rings. The van der Waals surface area contributed by atoms with Gasteiger partial charge in [0.25, 0.3) is 0 Å². The normalized spacial score (nSPS) is 19.6. The third-order valence-corrected chi connectivity index (χ3v) is 3.86. The summed E-state index contributed by atoms with van der Waals surface area (Å²) in [5.41, 5.74) is 6.23. The van der Waals surface area contributed by atoms with Crippen LogP contribution in [0.4, 0.5) is 0 Å². The van der Waals surface area contributed by atoms with Gasteiger partial charge in [-0.25, -0.2) is 0 Å². The molecule has 1 saturated carbocycles. The first-order valence-corrected chi connectivity index (χ1v) is 6.52. The number of carbonyl (C=O) groups is 1. The largest absolute Gasteiger partial charge is 0.355 e. The standard InChI is InChI=1S/C13H26N2O/c1-4-5-11(14)8-12(16)15-9-13(6-7-13)10(2)3/h10-11H,4-9,14H2,1-3H3,(H,15,16). The topological polar surface area (TPSA) is 55.1 Å². The maximum Gasteiger partial charge on any atom is 0.221 e. The van der Waals surface area contributed by atoms with Crippen molar-refractivity contribution >= 4 is 5.91 Å². The molecule has 0 bridgehead atoms. The lowest BCUT2D eigenvalue weighted by atomic mass is 9.92. The highest BCUT2D eigenvalue weighted by molar-refractivity contribution is 5.76. The van der Waals surface area contributed by atoms with E-state index in [0.717, 1.165) is 19.4 Å². The summed E-state index contributed by atoms with van der Waals surface area (Å²) in [7, 11) is 0. The number of amides is 1. The average Bonchev–Trinajstić information content (AvgIpc) is 2.95. The Hall–Kier alpha value is -0.570. The lowest BCUT2D eigenvalue weighted by Gasteiger charge is -2.20. The molecule has 1 amide bonds. The zero-order chi connectivity index (χ0) is 12.2. The molecule has 0 heterocycles. The van der Waals surface area contributed by atoms with Crippen molar-refractivity contribution in [3.8, 4) is 0 Å². The first-order chi connectivity index (χ1) is 7.50. The molecule has 16 heavy (non-hydrogen) atoms. The van der Waals surface area contributed by atoms with E-state index in [4.69, 9.17) is 5.73 Å². The highest BCUT2D eigenvalue weighted by Crippen LogP contribution is 2.51. The molecule has 1 fully saturated rings. The van der Waals surface area contributed by atoms with E-state index in [-0.39, 0.29) is 11.9 Å². The first-order valence-electron chi connectivity index (χ1n) is 6.52. The Morgan fingerprint density at radius 3 is 2.50 bits per heavy atom. The van der Waals surface area contributed by atoms with E-state index < -0.39 is 0 Å². The number of rotatable bonds is 7. The molecule has 0 aromatic carbocycles. The van der Waals surface area contributed by atoms with Crippen molar-refractivity contribution in [2.45, 2.75) is 58.9 Å². The monoisotopic (exact) mass is 226 g/mol. The summed E-state index contributed by atoms with van der Waals surface area (Å²) < 4.78 is 0. The Bertz CT molecular complexity index is 234. The average molecular weight is 226 g/mol. The SMILES string of the molecule is CCCC(N)CC(=O)NCC1(C(C)C)CC1. The van der Waals surface area contributed by atoms with Gasteiger partial charge in [-0.1, -0.05) is 27.2 Å². The Balaban J connectivity index is 2.20. The molecule has 1 rings (SSSR count). The summed E-state index contributed by atoms with van der Waals surface area (Å²) in [5.74, 6) is 0.782. The van der Waals surface area contributed by atoms with Crippen LogP contribution in [0.5, 0.6) is 0 Å². The lowest BCUT2D eigenvalue weighted by molar-refractivity contribution is -0.121. The molecule has 1 aliphatic rings. The van der Waals surface area contributed by atoms with Gasteiger partial charge in [0.15, 0.2) is 0 Å². The van der Waals surface area contributed by atoms with E-state index in [2.05, 4.69) is 26.1 Å². The van der Waals surface area contributed by atoms with Gasteiger partial charge in [0.05, 0.1) is 0 Å². The molecule has 3 heteroatoms. The predicted octanol–water partition coefficient (Wildman–Crippen LogP) is 2.06. The first kappa shape index (κ1) is 13.5. The number of nitrogens with two attached hydrogens (primary N) is 1. The third kappa shape index (κ3) is 3.78. The van der Waals surface area contributed by atoms with E-state index in [0.29, 0.717) is 17.8 Å². The van der Waals surface area contributed by atoms with Gasteiger partial charge in [0.1, 0.15) is 0 Å². The van der Waals surface area contributed by atoms with Gasteiger partial charge in [-0.15, -0.1) is 0 Å². The highest BCUT2D eigenvalue weighted by atomic mass is 16.1. The minimum Gasteiger partial charge on any atom is -0.355 e. The smallest absolute Gasteiger partial charge is 0.221 e. The van der Waals surface area contributed by atoms with E-state index in [9.17, 15) is 4.79 Å². The molecule has 0 aromatic heterocycles. The minimum atomic E-state index is 0.0270. The maximum absolute atomic E-state index is 11.6. The molecule has 0 saturated heterocycles. The molecule has 0 aliphatic heterocycles. The molecular weight excluding hydrogens is 200 g/mol. The third-order valence-electron chi connectivity index (χ3n) is 3.86. The van der Waals surface area contributed by atoms with Crippen LogP contribution in [0.25, 0.3) is 0 Å². The van der Waals surface area contributed by atoms with E-state index in [1.54, 1.807) is 0 Å². The van der Waals surface area contributed by atoms with Crippen LogP contribution in [0.2, 0.25) is 0 Å². The van der Waals surface area contributed by atoms with Gasteiger partial charge in [-0.05, 0) is 30.6 Å². The van der Waals surface area contributed by atoms with Crippen molar-refractivity contribution in [1.82, 2.24) is 5.32 Å². The zero-order valence-electron chi connectivity index (χ0n) is 10.9. The predicted molar refractivity (Wildman–Crippen MR) is 67.0 cm³/mol. The fourth-order valence-electron chi connectivity index (χ4n) is 2.18. The quantitative estimate of drug-likeness (QED) is 0.698. The maximum atomic E-state index is 11.6. The second-order valence-electron chi connectivity index (χ2n) is 5.55. The van der Waals surface area contributed by atoms with Crippen LogP contribution in [0.15, 0.2) is 0 Å². The second-order valence-corrected chi connectivity index (χ2v) is 5.55. The van der Waals surface area contributed by atoms with Crippen molar-refractivity contribution in [1.29, 1.82) is 0 Å². The number of nitrogens with one attached hydrogen (secondary N) is 1. The molecule has 94 valence electrons. The van der Waals surface area contributed by atoms with Crippen molar-refractivity contribution in [2.24, 2.45) is 17.1 Å². The highest BCUT2D eigenvalue weighted by Gasteiger charge is 2.45. The van der Waals surface area contributed by atoms with Gasteiger partial charge in [-0.2, -0.15) is 0 Å². The fourth-order valence-corrected chi connectivity index (χ4v) is 2.18. The van der Waals surface area contributed by atoms with Crippen LogP contribution in [0.1, 0.15) is 52.9 Å². The molecule has 1 atom stereocenters. The van der Waals surface area contributed by atoms with Crippen LogP contribution in [0, 0.1) is 11.3 Å². The summed E-state index contributed by atoms with van der Waals surface area (Å²) in [6.45, 7) is 7.40. The van der Waals surface area contributed by atoms with Crippen molar-refractivity contribution in [3.63, 3.8) is 0 Å². The van der Waals surface area contributed by atoms with E-state index in [1.165, 1.54) is 12.8 Å². The molecule has 0 radical (unpaired) electrons. The van der Waals surface area contributed by atoms with Crippen LogP contribution in [-0.2, 0) is 4.79 Å². The Morgan fingerprint density at radius 2 is 2.06 bits per heavy atom. The summed E-state index contributed by atoms with van der Waals surface area (Å²) in [5, 5.41) is 3.04. The molecule has 3 N–H and O–H groups in total. The molecule has 1 unspecified atom stereocenters. The number of carbonyl (C=O) groups excluding carboxylic acids is 1. The van der Waals surface area contributed by atoms with Crippen LogP contribution in [-0.4, -0.2) is 18.5 Å². The minimum absolute atomic E-state index is 0.0270. The molecule has 3 nitrogen and oxygen atoms in total. The van der Waals surface area contributed by atoms with Crippen molar-refractivity contribution in [3.05, 3.63) is 0 Å². The van der Waals surface area contributed by atoms with Gasteiger partial charge < -0.3 is 11.1 Å². The second kappa shape index (κ2) is 5.67. The van der Waals surface area contributed by atoms with Gasteiger partial charge >= 0.3 is 0 Å². The van der Waals surface area contributed by atoms with Crippen molar-refractivity contribution < 1.29 is 4.79 Å².